The smallest absolute Gasteiger partial charge is 0.225 e. The SMILES string of the molecule is COc1cc2c(c(OC)c1OC)C(c1ccnc3ccccc13)CC(=O)N2. The van der Waals surface area contributed by atoms with Crippen molar-refractivity contribution in [1.29, 1.82) is 0 Å². The first kappa shape index (κ1) is 17.1. The molecule has 1 amide bonds. The normalized spacial score (nSPS) is 15.8. The molecule has 0 fully saturated rings. The van der Waals surface area contributed by atoms with Gasteiger partial charge in [-0.2, -0.15) is 0 Å². The lowest BCUT2D eigenvalue weighted by Crippen LogP contribution is -2.24. The van der Waals surface area contributed by atoms with Gasteiger partial charge in [0.1, 0.15) is 0 Å². The number of anilines is 1. The summed E-state index contributed by atoms with van der Waals surface area (Å²) in [6.45, 7) is 0. The summed E-state index contributed by atoms with van der Waals surface area (Å²) in [5, 5.41) is 3.95. The van der Waals surface area contributed by atoms with Crippen LogP contribution in [0.2, 0.25) is 0 Å². The van der Waals surface area contributed by atoms with Gasteiger partial charge in [0.05, 0.1) is 32.5 Å². The summed E-state index contributed by atoms with van der Waals surface area (Å²) >= 11 is 0. The Hall–Kier alpha value is -3.28. The highest BCUT2D eigenvalue weighted by Crippen LogP contribution is 2.51. The van der Waals surface area contributed by atoms with E-state index in [1.165, 1.54) is 0 Å². The Morgan fingerprint density at radius 1 is 1.04 bits per heavy atom. The fraction of sp³-hybridized carbons (Fsp3) is 0.238. The molecule has 27 heavy (non-hydrogen) atoms. The zero-order valence-electron chi connectivity index (χ0n) is 15.4. The Kier molecular flexibility index (Phi) is 4.32. The first-order valence-electron chi connectivity index (χ1n) is 8.64. The number of hydrogen-bond donors (Lipinski definition) is 1. The van der Waals surface area contributed by atoms with Crippen LogP contribution in [-0.4, -0.2) is 32.2 Å². The number of amides is 1. The number of ether oxygens (including phenoxy) is 3. The number of methoxy groups -OCH3 is 3. The molecule has 2 heterocycles. The highest BCUT2D eigenvalue weighted by atomic mass is 16.5. The van der Waals surface area contributed by atoms with Gasteiger partial charge in [-0.15, -0.1) is 0 Å². The number of fused-ring (bicyclic) bond motifs is 2. The minimum Gasteiger partial charge on any atom is -0.493 e. The second kappa shape index (κ2) is 6.79. The minimum atomic E-state index is -0.184. The highest BCUT2D eigenvalue weighted by Gasteiger charge is 2.34. The number of carbonyl (C=O) groups excluding carboxylic acids is 1. The Labute approximate surface area is 157 Å². The number of nitrogens with one attached hydrogen (secondary N) is 1. The molecule has 2 aromatic carbocycles. The highest BCUT2D eigenvalue weighted by molar-refractivity contribution is 5.98. The number of aromatic nitrogens is 1. The fourth-order valence-electron chi connectivity index (χ4n) is 3.80. The quantitative estimate of drug-likeness (QED) is 0.764. The number of rotatable bonds is 4. The Morgan fingerprint density at radius 3 is 2.56 bits per heavy atom. The molecule has 1 atom stereocenters. The van der Waals surface area contributed by atoms with Crippen LogP contribution in [0.15, 0.2) is 42.6 Å². The molecule has 0 saturated heterocycles. The summed E-state index contributed by atoms with van der Waals surface area (Å²) in [6, 6.07) is 11.7. The number of pyridine rings is 1. The third-order valence-electron chi connectivity index (χ3n) is 4.94. The van der Waals surface area contributed by atoms with Crippen LogP contribution < -0.4 is 19.5 Å². The number of para-hydroxylation sites is 1. The van der Waals surface area contributed by atoms with E-state index < -0.39 is 0 Å². The van der Waals surface area contributed by atoms with Crippen LogP contribution in [0.5, 0.6) is 17.2 Å². The number of carbonyl (C=O) groups is 1. The summed E-state index contributed by atoms with van der Waals surface area (Å²) in [4.78, 5) is 16.9. The van der Waals surface area contributed by atoms with E-state index in [2.05, 4.69) is 10.3 Å². The molecule has 1 unspecified atom stereocenters. The van der Waals surface area contributed by atoms with Crippen LogP contribution in [0, 0.1) is 0 Å². The van der Waals surface area contributed by atoms with Crippen LogP contribution in [0.3, 0.4) is 0 Å². The summed E-state index contributed by atoms with van der Waals surface area (Å²) in [5.41, 5.74) is 3.47. The van der Waals surface area contributed by atoms with Gasteiger partial charge < -0.3 is 19.5 Å². The van der Waals surface area contributed by atoms with Gasteiger partial charge in [0, 0.05) is 35.6 Å². The number of benzene rings is 2. The van der Waals surface area contributed by atoms with Crippen molar-refractivity contribution in [3.8, 4) is 17.2 Å². The lowest BCUT2D eigenvalue weighted by molar-refractivity contribution is -0.116. The molecule has 3 aromatic rings. The Morgan fingerprint density at radius 2 is 1.81 bits per heavy atom. The largest absolute Gasteiger partial charge is 0.493 e. The maximum absolute atomic E-state index is 12.5. The molecule has 138 valence electrons. The van der Waals surface area contributed by atoms with Crippen molar-refractivity contribution in [2.45, 2.75) is 12.3 Å². The molecule has 4 rings (SSSR count). The van der Waals surface area contributed by atoms with Crippen molar-refractivity contribution in [2.75, 3.05) is 26.6 Å². The molecule has 1 aliphatic heterocycles. The van der Waals surface area contributed by atoms with Gasteiger partial charge in [-0.05, 0) is 17.7 Å². The maximum atomic E-state index is 12.5. The maximum Gasteiger partial charge on any atom is 0.225 e. The van der Waals surface area contributed by atoms with E-state index in [0.717, 1.165) is 22.0 Å². The molecule has 0 spiro atoms. The van der Waals surface area contributed by atoms with E-state index in [-0.39, 0.29) is 11.8 Å². The predicted molar refractivity (Wildman–Crippen MR) is 103 cm³/mol. The summed E-state index contributed by atoms with van der Waals surface area (Å²) in [5.74, 6) is 1.35. The predicted octanol–water partition coefficient (Wildman–Crippen LogP) is 3.73. The van der Waals surface area contributed by atoms with Gasteiger partial charge in [-0.3, -0.25) is 9.78 Å². The van der Waals surface area contributed by atoms with Gasteiger partial charge in [0.15, 0.2) is 11.5 Å². The topological polar surface area (TPSA) is 69.7 Å². The van der Waals surface area contributed by atoms with Crippen LogP contribution in [0.4, 0.5) is 5.69 Å². The molecule has 0 radical (unpaired) electrons. The number of nitrogens with zero attached hydrogens (tertiary/aromatic N) is 1. The summed E-state index contributed by atoms with van der Waals surface area (Å²) < 4.78 is 16.7. The van der Waals surface area contributed by atoms with Crippen molar-refractivity contribution in [3.05, 3.63) is 53.7 Å². The zero-order chi connectivity index (χ0) is 19.0. The zero-order valence-corrected chi connectivity index (χ0v) is 15.4. The second-order valence-corrected chi connectivity index (χ2v) is 6.33. The Balaban J connectivity index is 2.01. The molecule has 6 heteroatoms. The summed E-state index contributed by atoms with van der Waals surface area (Å²) in [6.07, 6.45) is 2.09. The summed E-state index contributed by atoms with van der Waals surface area (Å²) in [7, 11) is 4.73. The van der Waals surface area contributed by atoms with Crippen molar-refractivity contribution >= 4 is 22.5 Å². The molecule has 0 saturated carbocycles. The molecular weight excluding hydrogens is 344 g/mol. The van der Waals surface area contributed by atoms with Gasteiger partial charge in [0.2, 0.25) is 11.7 Å². The number of hydrogen-bond acceptors (Lipinski definition) is 5. The lowest BCUT2D eigenvalue weighted by atomic mass is 9.82. The van der Waals surface area contributed by atoms with Gasteiger partial charge in [0.25, 0.3) is 0 Å². The van der Waals surface area contributed by atoms with E-state index >= 15 is 0 Å². The van der Waals surface area contributed by atoms with Crippen molar-refractivity contribution in [2.24, 2.45) is 0 Å². The van der Waals surface area contributed by atoms with Crippen molar-refractivity contribution < 1.29 is 19.0 Å². The van der Waals surface area contributed by atoms with Gasteiger partial charge in [-0.1, -0.05) is 18.2 Å². The molecule has 0 bridgehead atoms. The minimum absolute atomic E-state index is 0.0531. The van der Waals surface area contributed by atoms with E-state index in [4.69, 9.17) is 14.2 Å². The first-order chi connectivity index (χ1) is 13.2. The molecular formula is C21H20N2O4. The lowest BCUT2D eigenvalue weighted by Gasteiger charge is -2.30. The van der Waals surface area contributed by atoms with Gasteiger partial charge >= 0.3 is 0 Å². The fourth-order valence-corrected chi connectivity index (χ4v) is 3.80. The average Bonchev–Trinajstić information content (AvgIpc) is 2.71. The van der Waals surface area contributed by atoms with Crippen LogP contribution in [0.1, 0.15) is 23.5 Å². The molecule has 1 aromatic heterocycles. The van der Waals surface area contributed by atoms with Crippen LogP contribution in [0.25, 0.3) is 10.9 Å². The van der Waals surface area contributed by atoms with Crippen LogP contribution >= 0.6 is 0 Å². The van der Waals surface area contributed by atoms with Gasteiger partial charge in [-0.25, -0.2) is 0 Å². The van der Waals surface area contributed by atoms with E-state index in [1.54, 1.807) is 33.6 Å². The Bertz CT molecular complexity index is 1030. The third-order valence-corrected chi connectivity index (χ3v) is 4.94. The van der Waals surface area contributed by atoms with Crippen molar-refractivity contribution in [1.82, 2.24) is 4.98 Å². The molecule has 1 aliphatic rings. The van der Waals surface area contributed by atoms with E-state index in [1.807, 2.05) is 30.3 Å². The van der Waals surface area contributed by atoms with E-state index in [9.17, 15) is 4.79 Å². The first-order valence-corrected chi connectivity index (χ1v) is 8.64. The average molecular weight is 364 g/mol. The molecule has 0 aliphatic carbocycles. The third kappa shape index (κ3) is 2.73. The van der Waals surface area contributed by atoms with Crippen LogP contribution in [-0.2, 0) is 4.79 Å². The molecule has 1 N–H and O–H groups in total. The van der Waals surface area contributed by atoms with Crippen molar-refractivity contribution in [3.63, 3.8) is 0 Å². The monoisotopic (exact) mass is 364 g/mol. The second-order valence-electron chi connectivity index (χ2n) is 6.33. The van der Waals surface area contributed by atoms with E-state index in [0.29, 0.717) is 29.4 Å². The molecule has 6 nitrogen and oxygen atoms in total. The standard InChI is InChI=1S/C21H20N2O4/c1-25-17-11-16-19(21(27-3)20(17)26-2)14(10-18(24)23-16)12-8-9-22-15-7-5-4-6-13(12)15/h4-9,11,14H,10H2,1-3H3,(H,23,24).